The molecule has 0 saturated carbocycles. The van der Waals surface area contributed by atoms with E-state index in [0.29, 0.717) is 18.8 Å². The van der Waals surface area contributed by atoms with Gasteiger partial charge in [-0.3, -0.25) is 4.98 Å². The normalized spacial score (nSPS) is 12.7. The lowest BCUT2D eigenvalue weighted by atomic mass is 10.2. The minimum atomic E-state index is 0.216. The van der Waals surface area contributed by atoms with Crippen LogP contribution in [0.15, 0.2) is 30.3 Å². The van der Waals surface area contributed by atoms with E-state index >= 15 is 0 Å². The summed E-state index contributed by atoms with van der Waals surface area (Å²) in [5.41, 5.74) is 2.65. The average molecular weight is 272 g/mol. The highest BCUT2D eigenvalue weighted by atomic mass is 16.7. The van der Waals surface area contributed by atoms with Crippen molar-refractivity contribution in [2.24, 2.45) is 0 Å². The lowest BCUT2D eigenvalue weighted by Crippen LogP contribution is -2.14. The number of aromatic hydroxyl groups is 1. The molecule has 0 unspecified atom stereocenters. The van der Waals surface area contributed by atoms with Crippen LogP contribution in [-0.4, -0.2) is 16.9 Å². The Labute approximate surface area is 117 Å². The molecule has 1 aromatic heterocycles. The zero-order chi connectivity index (χ0) is 13.9. The van der Waals surface area contributed by atoms with Crippen molar-refractivity contribution >= 4 is 0 Å². The molecule has 0 spiro atoms. The Morgan fingerprint density at radius 1 is 1.15 bits per heavy atom. The summed E-state index contributed by atoms with van der Waals surface area (Å²) in [6.45, 7) is 3.38. The third-order valence-electron chi connectivity index (χ3n) is 3.15. The molecular weight excluding hydrogens is 256 g/mol. The van der Waals surface area contributed by atoms with Crippen molar-refractivity contribution in [2.75, 3.05) is 6.79 Å². The second-order valence-corrected chi connectivity index (χ2v) is 4.71. The minimum absolute atomic E-state index is 0.216. The predicted octanol–water partition coefficient (Wildman–Crippen LogP) is 2.11. The fourth-order valence-corrected chi connectivity index (χ4v) is 2.11. The van der Waals surface area contributed by atoms with Gasteiger partial charge in [0, 0.05) is 18.8 Å². The molecule has 3 rings (SSSR count). The van der Waals surface area contributed by atoms with Crippen LogP contribution in [0.1, 0.15) is 17.0 Å². The number of nitrogens with zero attached hydrogens (tertiary/aromatic N) is 1. The second kappa shape index (κ2) is 5.38. The summed E-state index contributed by atoms with van der Waals surface area (Å²) >= 11 is 0. The molecule has 5 heteroatoms. The number of fused-ring (bicyclic) bond motifs is 1. The maximum Gasteiger partial charge on any atom is 0.231 e. The van der Waals surface area contributed by atoms with Gasteiger partial charge in [-0.2, -0.15) is 0 Å². The maximum atomic E-state index is 9.72. The van der Waals surface area contributed by atoms with Crippen LogP contribution >= 0.6 is 0 Å². The fraction of sp³-hybridized carbons (Fsp3) is 0.267. The van der Waals surface area contributed by atoms with E-state index in [4.69, 9.17) is 9.47 Å². The van der Waals surface area contributed by atoms with Gasteiger partial charge in [0.2, 0.25) is 6.79 Å². The SMILES string of the molecule is Cc1ccc(O)c(CNCc2ccc3c(c2)OCO3)n1. The number of aromatic nitrogens is 1. The third-order valence-corrected chi connectivity index (χ3v) is 3.15. The molecule has 0 amide bonds. The van der Waals surface area contributed by atoms with E-state index in [2.05, 4.69) is 10.3 Å². The summed E-state index contributed by atoms with van der Waals surface area (Å²) in [6.07, 6.45) is 0. The van der Waals surface area contributed by atoms with E-state index in [1.54, 1.807) is 12.1 Å². The fourth-order valence-electron chi connectivity index (χ4n) is 2.11. The van der Waals surface area contributed by atoms with Gasteiger partial charge in [0.05, 0.1) is 5.69 Å². The highest BCUT2D eigenvalue weighted by Crippen LogP contribution is 2.32. The molecule has 0 bridgehead atoms. The summed E-state index contributed by atoms with van der Waals surface area (Å²) in [5, 5.41) is 13.0. The standard InChI is InChI=1S/C15H16N2O3/c1-10-2-4-13(18)12(17-10)8-16-7-11-3-5-14-15(6-11)20-9-19-14/h2-6,16,18H,7-9H2,1H3. The topological polar surface area (TPSA) is 63.6 Å². The molecule has 2 aromatic rings. The van der Waals surface area contributed by atoms with Gasteiger partial charge in [-0.15, -0.1) is 0 Å². The van der Waals surface area contributed by atoms with Gasteiger partial charge in [0.25, 0.3) is 0 Å². The van der Waals surface area contributed by atoms with Crippen LogP contribution in [0.3, 0.4) is 0 Å². The van der Waals surface area contributed by atoms with Crippen LogP contribution in [-0.2, 0) is 13.1 Å². The number of hydrogen-bond acceptors (Lipinski definition) is 5. The van der Waals surface area contributed by atoms with Crippen LogP contribution in [0.2, 0.25) is 0 Å². The summed E-state index contributed by atoms with van der Waals surface area (Å²) < 4.78 is 10.6. The minimum Gasteiger partial charge on any atom is -0.506 e. The van der Waals surface area contributed by atoms with Gasteiger partial charge < -0.3 is 19.9 Å². The van der Waals surface area contributed by atoms with Crippen molar-refractivity contribution < 1.29 is 14.6 Å². The molecule has 1 aliphatic rings. The van der Waals surface area contributed by atoms with Crippen LogP contribution in [0.4, 0.5) is 0 Å². The Balaban J connectivity index is 1.61. The summed E-state index contributed by atoms with van der Waals surface area (Å²) in [4.78, 5) is 4.30. The van der Waals surface area contributed by atoms with Crippen molar-refractivity contribution in [2.45, 2.75) is 20.0 Å². The molecule has 2 N–H and O–H groups in total. The van der Waals surface area contributed by atoms with Gasteiger partial charge in [-0.25, -0.2) is 0 Å². The first-order valence-electron chi connectivity index (χ1n) is 6.47. The van der Waals surface area contributed by atoms with Crippen LogP contribution in [0.25, 0.3) is 0 Å². The van der Waals surface area contributed by atoms with Crippen LogP contribution in [0.5, 0.6) is 17.2 Å². The molecule has 1 aromatic carbocycles. The Hall–Kier alpha value is -2.27. The summed E-state index contributed by atoms with van der Waals surface area (Å²) in [6, 6.07) is 9.31. The molecule has 5 nitrogen and oxygen atoms in total. The number of aryl methyl sites for hydroxylation is 1. The van der Waals surface area contributed by atoms with Crippen molar-refractivity contribution in [3.63, 3.8) is 0 Å². The Kier molecular flexibility index (Phi) is 3.43. The highest BCUT2D eigenvalue weighted by molar-refractivity contribution is 5.44. The van der Waals surface area contributed by atoms with Crippen molar-refractivity contribution in [1.82, 2.24) is 10.3 Å². The first-order valence-corrected chi connectivity index (χ1v) is 6.47. The Morgan fingerprint density at radius 3 is 2.90 bits per heavy atom. The number of hydrogen-bond donors (Lipinski definition) is 2. The molecule has 20 heavy (non-hydrogen) atoms. The zero-order valence-corrected chi connectivity index (χ0v) is 11.2. The molecule has 0 atom stereocenters. The monoisotopic (exact) mass is 272 g/mol. The van der Waals surface area contributed by atoms with Gasteiger partial charge >= 0.3 is 0 Å². The van der Waals surface area contributed by atoms with Gasteiger partial charge in [0.15, 0.2) is 11.5 Å². The summed E-state index contributed by atoms with van der Waals surface area (Å²) in [7, 11) is 0. The molecule has 0 fully saturated rings. The average Bonchev–Trinajstić information content (AvgIpc) is 2.90. The molecule has 0 radical (unpaired) electrons. The van der Waals surface area contributed by atoms with Gasteiger partial charge in [-0.05, 0) is 36.8 Å². The smallest absolute Gasteiger partial charge is 0.231 e. The number of nitrogens with one attached hydrogen (secondary N) is 1. The van der Waals surface area contributed by atoms with E-state index in [1.165, 1.54) is 0 Å². The lowest BCUT2D eigenvalue weighted by molar-refractivity contribution is 0.174. The number of benzene rings is 1. The van der Waals surface area contributed by atoms with E-state index in [9.17, 15) is 5.11 Å². The molecule has 2 heterocycles. The Morgan fingerprint density at radius 2 is 2.00 bits per heavy atom. The lowest BCUT2D eigenvalue weighted by Gasteiger charge is -2.07. The van der Waals surface area contributed by atoms with E-state index in [0.717, 1.165) is 22.8 Å². The summed E-state index contributed by atoms with van der Waals surface area (Å²) in [5.74, 6) is 1.78. The molecule has 104 valence electrons. The first kappa shape index (κ1) is 12.7. The molecular formula is C15H16N2O3. The van der Waals surface area contributed by atoms with Gasteiger partial charge in [0.1, 0.15) is 5.75 Å². The van der Waals surface area contributed by atoms with E-state index in [-0.39, 0.29) is 12.5 Å². The number of ether oxygens (including phenoxy) is 2. The van der Waals surface area contributed by atoms with Crippen LogP contribution in [0, 0.1) is 6.92 Å². The molecule has 0 aliphatic carbocycles. The number of pyridine rings is 1. The molecule has 0 saturated heterocycles. The van der Waals surface area contributed by atoms with Crippen LogP contribution < -0.4 is 14.8 Å². The zero-order valence-electron chi connectivity index (χ0n) is 11.2. The molecule has 1 aliphatic heterocycles. The largest absolute Gasteiger partial charge is 0.506 e. The van der Waals surface area contributed by atoms with Crippen molar-refractivity contribution in [1.29, 1.82) is 0 Å². The van der Waals surface area contributed by atoms with E-state index < -0.39 is 0 Å². The quantitative estimate of drug-likeness (QED) is 0.892. The highest BCUT2D eigenvalue weighted by Gasteiger charge is 2.13. The van der Waals surface area contributed by atoms with Gasteiger partial charge in [-0.1, -0.05) is 6.07 Å². The Bertz CT molecular complexity index is 629. The second-order valence-electron chi connectivity index (χ2n) is 4.71. The third kappa shape index (κ3) is 2.67. The maximum absolute atomic E-state index is 9.72. The van der Waals surface area contributed by atoms with Crippen molar-refractivity contribution in [3.05, 3.63) is 47.3 Å². The van der Waals surface area contributed by atoms with Crippen molar-refractivity contribution in [3.8, 4) is 17.2 Å². The number of rotatable bonds is 4. The predicted molar refractivity (Wildman–Crippen MR) is 73.7 cm³/mol. The van der Waals surface area contributed by atoms with E-state index in [1.807, 2.05) is 25.1 Å². The first-order chi connectivity index (χ1) is 9.72.